The molecule has 0 saturated heterocycles. The highest BCUT2D eigenvalue weighted by Crippen LogP contribution is 2.38. The number of halogens is 1. The zero-order valence-electron chi connectivity index (χ0n) is 12.6. The Labute approximate surface area is 129 Å². The van der Waals surface area contributed by atoms with E-state index in [2.05, 4.69) is 28.0 Å². The normalized spacial score (nSPS) is 27.0. The minimum absolute atomic E-state index is 0.0598. The molecular weight excluding hydrogens is 320 g/mol. The third kappa shape index (κ3) is 2.70. The van der Waals surface area contributed by atoms with Crippen molar-refractivity contribution in [2.24, 2.45) is 5.92 Å². The average Bonchev–Trinajstić information content (AvgIpc) is 2.79. The molecule has 112 valence electrons. The maximum atomic E-state index is 13.1. The maximum absolute atomic E-state index is 13.1. The van der Waals surface area contributed by atoms with Crippen molar-refractivity contribution >= 4 is 21.7 Å². The molecule has 1 fully saturated rings. The fourth-order valence-electron chi connectivity index (χ4n) is 3.15. The van der Waals surface area contributed by atoms with Crippen LogP contribution in [0.1, 0.15) is 63.0 Å². The number of carbonyl (C=O) groups excluding carboxylic acids is 1. The molecule has 2 unspecified atom stereocenters. The summed E-state index contributed by atoms with van der Waals surface area (Å²) in [6, 6.07) is 0.148. The molecule has 5 heteroatoms. The summed E-state index contributed by atoms with van der Waals surface area (Å²) in [4.78, 5) is 13.1. The summed E-state index contributed by atoms with van der Waals surface area (Å²) < 4.78 is 8.25. The van der Waals surface area contributed by atoms with Crippen molar-refractivity contribution in [3.05, 3.63) is 16.4 Å². The Morgan fingerprint density at radius 2 is 2.30 bits per heavy atom. The van der Waals surface area contributed by atoms with Gasteiger partial charge in [0.1, 0.15) is 11.3 Å². The molecule has 20 heavy (non-hydrogen) atoms. The first-order valence-corrected chi connectivity index (χ1v) is 8.03. The van der Waals surface area contributed by atoms with Crippen LogP contribution in [-0.2, 0) is 4.74 Å². The van der Waals surface area contributed by atoms with Crippen LogP contribution in [0.3, 0.4) is 0 Å². The van der Waals surface area contributed by atoms with Gasteiger partial charge < -0.3 is 4.74 Å². The smallest absolute Gasteiger partial charge is 0.213 e. The van der Waals surface area contributed by atoms with Crippen LogP contribution >= 0.6 is 15.9 Å². The lowest BCUT2D eigenvalue weighted by molar-refractivity contribution is -0.0310. The van der Waals surface area contributed by atoms with E-state index >= 15 is 0 Å². The summed E-state index contributed by atoms with van der Waals surface area (Å²) >= 11 is 3.46. The van der Waals surface area contributed by atoms with Crippen LogP contribution in [0, 0.1) is 5.92 Å². The Morgan fingerprint density at radius 1 is 1.60 bits per heavy atom. The average molecular weight is 343 g/mol. The van der Waals surface area contributed by atoms with Crippen molar-refractivity contribution in [1.82, 2.24) is 9.78 Å². The predicted octanol–water partition coefficient (Wildman–Crippen LogP) is 4.00. The molecule has 0 spiro atoms. The lowest BCUT2D eigenvalue weighted by Gasteiger charge is -2.37. The van der Waals surface area contributed by atoms with E-state index in [1.54, 1.807) is 18.0 Å². The topological polar surface area (TPSA) is 44.1 Å². The lowest BCUT2D eigenvalue weighted by atomic mass is 9.75. The minimum Gasteiger partial charge on any atom is -0.370 e. The van der Waals surface area contributed by atoms with E-state index in [-0.39, 0.29) is 11.8 Å². The quantitative estimate of drug-likeness (QED) is 0.776. The first kappa shape index (κ1) is 15.7. The molecule has 1 aliphatic rings. The summed E-state index contributed by atoms with van der Waals surface area (Å²) in [5, 5.41) is 4.31. The molecular formula is C15H23BrN2O2. The van der Waals surface area contributed by atoms with Crippen molar-refractivity contribution in [3.8, 4) is 0 Å². The van der Waals surface area contributed by atoms with E-state index < -0.39 is 5.60 Å². The highest BCUT2D eigenvalue weighted by atomic mass is 79.9. The largest absolute Gasteiger partial charge is 0.370 e. The maximum Gasteiger partial charge on any atom is 0.213 e. The van der Waals surface area contributed by atoms with E-state index in [1.807, 2.05) is 13.8 Å². The Bertz CT molecular complexity index is 498. The van der Waals surface area contributed by atoms with Gasteiger partial charge in [-0.3, -0.25) is 9.48 Å². The first-order valence-electron chi connectivity index (χ1n) is 7.24. The number of nitrogens with zero attached hydrogens (tertiary/aromatic N) is 2. The van der Waals surface area contributed by atoms with E-state index in [0.29, 0.717) is 11.6 Å². The molecule has 0 radical (unpaired) electrons. The van der Waals surface area contributed by atoms with Gasteiger partial charge in [-0.2, -0.15) is 5.10 Å². The fraction of sp³-hybridized carbons (Fsp3) is 0.733. The van der Waals surface area contributed by atoms with Gasteiger partial charge in [-0.15, -0.1) is 0 Å². The van der Waals surface area contributed by atoms with Crippen LogP contribution in [0.15, 0.2) is 10.7 Å². The van der Waals surface area contributed by atoms with Gasteiger partial charge in [0.05, 0.1) is 10.7 Å². The monoisotopic (exact) mass is 342 g/mol. The number of methoxy groups -OCH3 is 1. The molecule has 4 nitrogen and oxygen atoms in total. The Kier molecular flexibility index (Phi) is 4.69. The highest BCUT2D eigenvalue weighted by Gasteiger charge is 2.44. The van der Waals surface area contributed by atoms with Crippen LogP contribution in [0.5, 0.6) is 0 Å². The number of ketones is 1. The summed E-state index contributed by atoms with van der Waals surface area (Å²) in [7, 11) is 1.65. The van der Waals surface area contributed by atoms with Crippen LogP contribution in [0.25, 0.3) is 0 Å². The first-order chi connectivity index (χ1) is 9.41. The van der Waals surface area contributed by atoms with Crippen molar-refractivity contribution in [2.45, 2.75) is 58.1 Å². The SMILES string of the molecule is COC1(C(=O)c2c(Br)cnn2C(C)C)CCCC(C)C1. The molecule has 0 bridgehead atoms. The van der Waals surface area contributed by atoms with Gasteiger partial charge >= 0.3 is 0 Å². The molecule has 0 aliphatic heterocycles. The number of rotatable bonds is 4. The second-order valence-corrected chi connectivity index (χ2v) is 6.96. The van der Waals surface area contributed by atoms with Crippen molar-refractivity contribution in [1.29, 1.82) is 0 Å². The van der Waals surface area contributed by atoms with Gasteiger partial charge in [-0.25, -0.2) is 0 Å². The molecule has 0 N–H and O–H groups in total. The van der Waals surface area contributed by atoms with Crippen LogP contribution < -0.4 is 0 Å². The predicted molar refractivity (Wildman–Crippen MR) is 82.0 cm³/mol. The van der Waals surface area contributed by atoms with Crippen LogP contribution in [-0.4, -0.2) is 28.3 Å². The van der Waals surface area contributed by atoms with E-state index in [0.717, 1.165) is 23.7 Å². The van der Waals surface area contributed by atoms with Gasteiger partial charge in [0.2, 0.25) is 5.78 Å². The Balaban J connectivity index is 2.41. The number of hydrogen-bond acceptors (Lipinski definition) is 3. The molecule has 1 saturated carbocycles. The molecule has 2 atom stereocenters. The van der Waals surface area contributed by atoms with Crippen LogP contribution in [0.4, 0.5) is 0 Å². The Hall–Kier alpha value is -0.680. The molecule has 1 aromatic heterocycles. The highest BCUT2D eigenvalue weighted by molar-refractivity contribution is 9.10. The van der Waals surface area contributed by atoms with Crippen molar-refractivity contribution in [2.75, 3.05) is 7.11 Å². The van der Waals surface area contributed by atoms with E-state index in [1.165, 1.54) is 6.42 Å². The third-order valence-corrected chi connectivity index (χ3v) is 4.80. The zero-order valence-corrected chi connectivity index (χ0v) is 14.2. The summed E-state index contributed by atoms with van der Waals surface area (Å²) in [5.41, 5.74) is -0.0525. The minimum atomic E-state index is -0.688. The molecule has 0 amide bonds. The van der Waals surface area contributed by atoms with Gasteiger partial charge in [0.15, 0.2) is 0 Å². The molecule has 0 aromatic carbocycles. The lowest BCUT2D eigenvalue weighted by Crippen LogP contribution is -2.45. The molecule has 1 aromatic rings. The molecule has 2 rings (SSSR count). The van der Waals surface area contributed by atoms with Crippen LogP contribution in [0.2, 0.25) is 0 Å². The van der Waals surface area contributed by atoms with Crippen molar-refractivity contribution in [3.63, 3.8) is 0 Å². The zero-order chi connectivity index (χ0) is 14.9. The summed E-state index contributed by atoms with van der Waals surface area (Å²) in [6.45, 7) is 6.24. The molecule has 1 aliphatic carbocycles. The van der Waals surface area contributed by atoms with E-state index in [4.69, 9.17) is 4.74 Å². The molecule has 1 heterocycles. The number of ether oxygens (including phenoxy) is 1. The second-order valence-electron chi connectivity index (χ2n) is 6.11. The number of hydrogen-bond donors (Lipinski definition) is 0. The number of Topliss-reactive ketones (excluding diaryl/α,β-unsaturated/α-hetero) is 1. The van der Waals surface area contributed by atoms with Crippen molar-refractivity contribution < 1.29 is 9.53 Å². The summed E-state index contributed by atoms with van der Waals surface area (Å²) in [6.07, 6.45) is 5.49. The number of aromatic nitrogens is 2. The van der Waals surface area contributed by atoms with E-state index in [9.17, 15) is 4.79 Å². The van der Waals surface area contributed by atoms with Gasteiger partial charge in [0, 0.05) is 13.2 Å². The Morgan fingerprint density at radius 3 is 2.85 bits per heavy atom. The van der Waals surface area contributed by atoms with Gasteiger partial charge in [0.25, 0.3) is 0 Å². The van der Waals surface area contributed by atoms with Gasteiger partial charge in [-0.05, 0) is 55.0 Å². The standard InChI is InChI=1S/C15H23BrN2O2/c1-10(2)18-13(12(16)9-17-18)14(19)15(20-4)7-5-6-11(3)8-15/h9-11H,5-8H2,1-4H3. The van der Waals surface area contributed by atoms with Gasteiger partial charge in [-0.1, -0.05) is 13.3 Å². The fourth-order valence-corrected chi connectivity index (χ4v) is 3.60. The number of carbonyl (C=O) groups is 1. The summed E-state index contributed by atoms with van der Waals surface area (Å²) in [5.74, 6) is 0.575. The third-order valence-electron chi connectivity index (χ3n) is 4.22. The second kappa shape index (κ2) is 5.98.